The predicted octanol–water partition coefficient (Wildman–Crippen LogP) is 6.39. The van der Waals surface area contributed by atoms with Gasteiger partial charge in [0.1, 0.15) is 5.75 Å². The van der Waals surface area contributed by atoms with E-state index in [4.69, 9.17) is 27.9 Å². The molecule has 0 radical (unpaired) electrons. The van der Waals surface area contributed by atoms with Crippen LogP contribution in [0.4, 0.5) is 0 Å². The van der Waals surface area contributed by atoms with Crippen LogP contribution in [-0.2, 0) is 16.6 Å². The van der Waals surface area contributed by atoms with Crippen molar-refractivity contribution in [3.8, 4) is 22.1 Å². The minimum atomic E-state index is -3.67. The molecule has 31 heavy (non-hydrogen) atoms. The Hall–Kier alpha value is -2.42. The maximum Gasteiger partial charge on any atom is 0.278 e. The molecule has 5 nitrogen and oxygen atoms in total. The second-order valence-corrected chi connectivity index (χ2v) is 10.0. The van der Waals surface area contributed by atoms with Crippen molar-refractivity contribution in [1.29, 1.82) is 0 Å². The lowest BCUT2D eigenvalue weighted by atomic mass is 10.1. The molecule has 0 atom stereocenters. The molecule has 3 aromatic carbocycles. The first-order valence-electron chi connectivity index (χ1n) is 9.11. The summed E-state index contributed by atoms with van der Waals surface area (Å²) in [5.74, 6) is 0.637. The average Bonchev–Trinajstić information content (AvgIpc) is 3.26. The van der Waals surface area contributed by atoms with E-state index in [0.29, 0.717) is 21.0 Å². The van der Waals surface area contributed by atoms with E-state index in [9.17, 15) is 8.42 Å². The van der Waals surface area contributed by atoms with Gasteiger partial charge in [0.05, 0.1) is 4.90 Å². The predicted molar refractivity (Wildman–Crippen MR) is 125 cm³/mol. The average molecular weight is 491 g/mol. The van der Waals surface area contributed by atoms with Crippen LogP contribution in [0.25, 0.3) is 11.1 Å². The lowest BCUT2D eigenvalue weighted by Gasteiger charge is -2.09. The molecule has 0 amide bonds. The molecule has 158 valence electrons. The van der Waals surface area contributed by atoms with E-state index in [0.717, 1.165) is 16.7 Å². The van der Waals surface area contributed by atoms with Crippen LogP contribution in [0.1, 0.15) is 5.56 Å². The van der Waals surface area contributed by atoms with E-state index in [2.05, 4.69) is 9.71 Å². The molecule has 0 aliphatic rings. The molecule has 0 aliphatic heterocycles. The van der Waals surface area contributed by atoms with E-state index >= 15 is 0 Å². The van der Waals surface area contributed by atoms with Crippen LogP contribution < -0.4 is 9.46 Å². The highest BCUT2D eigenvalue weighted by Gasteiger charge is 2.14. The van der Waals surface area contributed by atoms with Crippen LogP contribution in [0.5, 0.6) is 10.9 Å². The molecule has 4 rings (SSSR count). The van der Waals surface area contributed by atoms with Crippen LogP contribution in [0, 0.1) is 0 Å². The van der Waals surface area contributed by atoms with Crippen molar-refractivity contribution in [3.63, 3.8) is 0 Å². The molecule has 1 heterocycles. The van der Waals surface area contributed by atoms with Crippen molar-refractivity contribution < 1.29 is 13.2 Å². The zero-order valence-corrected chi connectivity index (χ0v) is 19.1. The molecule has 0 spiro atoms. The quantitative estimate of drug-likeness (QED) is 0.325. The highest BCUT2D eigenvalue weighted by molar-refractivity contribution is 7.89. The molecule has 0 saturated carbocycles. The Balaban J connectivity index is 1.41. The summed E-state index contributed by atoms with van der Waals surface area (Å²) in [7, 11) is -3.67. The van der Waals surface area contributed by atoms with Crippen LogP contribution in [0.3, 0.4) is 0 Å². The Morgan fingerprint density at radius 2 is 1.58 bits per heavy atom. The highest BCUT2D eigenvalue weighted by atomic mass is 35.5. The summed E-state index contributed by atoms with van der Waals surface area (Å²) in [5.41, 5.74) is 2.44. The molecule has 9 heteroatoms. The number of hydrogen-bond donors (Lipinski definition) is 1. The van der Waals surface area contributed by atoms with Gasteiger partial charge in [-0.1, -0.05) is 58.8 Å². The molecular weight excluding hydrogens is 475 g/mol. The highest BCUT2D eigenvalue weighted by Crippen LogP contribution is 2.28. The molecule has 0 bridgehead atoms. The minimum absolute atomic E-state index is 0.158. The lowest BCUT2D eigenvalue weighted by molar-refractivity contribution is 0.478. The third kappa shape index (κ3) is 5.64. The Labute approximate surface area is 194 Å². The van der Waals surface area contributed by atoms with Crippen LogP contribution in [0.2, 0.25) is 10.0 Å². The van der Waals surface area contributed by atoms with Gasteiger partial charge in [0, 0.05) is 28.2 Å². The molecule has 1 N–H and O–H groups in total. The largest absolute Gasteiger partial charge is 0.431 e. The lowest BCUT2D eigenvalue weighted by Crippen LogP contribution is -2.23. The molecule has 0 aliphatic carbocycles. The van der Waals surface area contributed by atoms with Gasteiger partial charge in [-0.05, 0) is 59.2 Å². The first-order chi connectivity index (χ1) is 14.9. The topological polar surface area (TPSA) is 68.3 Å². The maximum atomic E-state index is 12.7. The number of rotatable bonds is 7. The van der Waals surface area contributed by atoms with Crippen molar-refractivity contribution in [1.82, 2.24) is 9.71 Å². The third-order valence-corrected chi connectivity index (χ3v) is 6.87. The fourth-order valence-electron chi connectivity index (χ4n) is 2.85. The van der Waals surface area contributed by atoms with E-state index in [1.165, 1.54) is 11.3 Å². The summed E-state index contributed by atoms with van der Waals surface area (Å²) in [6.45, 7) is 0.158. The van der Waals surface area contributed by atoms with E-state index < -0.39 is 10.0 Å². The standard InChI is InChI=1S/C22H16Cl2N2O3S2/c23-18-11-17(12-19(24)13-18)16-3-7-21(8-4-16)31(27,28)26-14-15-1-5-20(6-2-15)29-22-25-9-10-30-22/h1-13,26H,14H2. The number of ether oxygens (including phenoxy) is 1. The number of thiazole rings is 1. The number of aromatic nitrogens is 1. The minimum Gasteiger partial charge on any atom is -0.431 e. The third-order valence-electron chi connectivity index (χ3n) is 4.36. The molecule has 4 aromatic rings. The molecular formula is C22H16Cl2N2O3S2. The molecule has 0 fully saturated rings. The summed E-state index contributed by atoms with van der Waals surface area (Å²) < 4.78 is 33.5. The fourth-order valence-corrected chi connectivity index (χ4v) is 4.89. The van der Waals surface area contributed by atoms with Gasteiger partial charge in [-0.3, -0.25) is 0 Å². The molecule has 0 saturated heterocycles. The van der Waals surface area contributed by atoms with Crippen molar-refractivity contribution in [2.75, 3.05) is 0 Å². The maximum absolute atomic E-state index is 12.7. The molecule has 0 unspecified atom stereocenters. The zero-order valence-electron chi connectivity index (χ0n) is 16.0. The second kappa shape index (κ2) is 9.38. The Morgan fingerprint density at radius 3 is 2.19 bits per heavy atom. The SMILES string of the molecule is O=S(=O)(NCc1ccc(Oc2nccs2)cc1)c1ccc(-c2cc(Cl)cc(Cl)c2)cc1. The van der Waals surface area contributed by atoms with Gasteiger partial charge in [0.2, 0.25) is 10.0 Å². The van der Waals surface area contributed by atoms with E-state index in [1.807, 2.05) is 5.38 Å². The number of sulfonamides is 1. The van der Waals surface area contributed by atoms with Crippen LogP contribution in [-0.4, -0.2) is 13.4 Å². The van der Waals surface area contributed by atoms with E-state index in [-0.39, 0.29) is 11.4 Å². The van der Waals surface area contributed by atoms with Gasteiger partial charge in [-0.2, -0.15) is 0 Å². The molecule has 1 aromatic heterocycles. The van der Waals surface area contributed by atoms with Gasteiger partial charge in [-0.15, -0.1) is 0 Å². The summed E-state index contributed by atoms with van der Waals surface area (Å²) in [4.78, 5) is 4.24. The zero-order chi connectivity index (χ0) is 21.8. The van der Waals surface area contributed by atoms with Crippen molar-refractivity contribution >= 4 is 44.6 Å². The van der Waals surface area contributed by atoms with Gasteiger partial charge >= 0.3 is 0 Å². The monoisotopic (exact) mass is 490 g/mol. The summed E-state index contributed by atoms with van der Waals surface area (Å²) in [6, 6.07) is 18.9. The van der Waals surface area contributed by atoms with Gasteiger partial charge in [0.25, 0.3) is 5.19 Å². The van der Waals surface area contributed by atoms with Crippen molar-refractivity contribution in [2.24, 2.45) is 0 Å². The van der Waals surface area contributed by atoms with Gasteiger partial charge < -0.3 is 4.74 Å². The number of benzene rings is 3. The Bertz CT molecular complexity index is 1260. The fraction of sp³-hybridized carbons (Fsp3) is 0.0455. The first-order valence-corrected chi connectivity index (χ1v) is 12.2. The normalized spacial score (nSPS) is 11.4. The van der Waals surface area contributed by atoms with Crippen molar-refractivity contribution in [2.45, 2.75) is 11.4 Å². The second-order valence-electron chi connectivity index (χ2n) is 6.55. The summed E-state index contributed by atoms with van der Waals surface area (Å²) in [5, 5.41) is 3.42. The summed E-state index contributed by atoms with van der Waals surface area (Å²) in [6.07, 6.45) is 1.67. The number of nitrogens with zero attached hydrogens (tertiary/aromatic N) is 1. The number of halogens is 2. The van der Waals surface area contributed by atoms with Crippen LogP contribution in [0.15, 0.2) is 83.2 Å². The van der Waals surface area contributed by atoms with E-state index in [1.54, 1.807) is 72.9 Å². The van der Waals surface area contributed by atoms with Gasteiger partial charge in [0.15, 0.2) is 0 Å². The van der Waals surface area contributed by atoms with Crippen molar-refractivity contribution in [3.05, 3.63) is 93.9 Å². The summed E-state index contributed by atoms with van der Waals surface area (Å²) >= 11 is 13.5. The number of hydrogen-bond acceptors (Lipinski definition) is 5. The first kappa shape index (κ1) is 21.8. The van der Waals surface area contributed by atoms with Gasteiger partial charge in [-0.25, -0.2) is 18.1 Å². The smallest absolute Gasteiger partial charge is 0.278 e. The Morgan fingerprint density at radius 1 is 0.903 bits per heavy atom. The Kier molecular flexibility index (Phi) is 6.60. The van der Waals surface area contributed by atoms with Crippen LogP contribution >= 0.6 is 34.5 Å². The number of nitrogens with one attached hydrogen (secondary N) is 1.